The summed E-state index contributed by atoms with van der Waals surface area (Å²) in [6.45, 7) is 0. The molecule has 0 spiro atoms. The maximum atomic E-state index is 11.4. The lowest BCUT2D eigenvalue weighted by atomic mass is 10.1. The van der Waals surface area contributed by atoms with Gasteiger partial charge in [0.1, 0.15) is 0 Å². The van der Waals surface area contributed by atoms with Crippen molar-refractivity contribution < 1.29 is 19.1 Å². The minimum Gasteiger partial charge on any atom is -0.465 e. The molecule has 0 atom stereocenters. The second-order valence-corrected chi connectivity index (χ2v) is 4.42. The number of rotatable bonds is 2. The Morgan fingerprint density at radius 1 is 1.12 bits per heavy atom. The predicted molar refractivity (Wildman–Crippen MR) is 66.8 cm³/mol. The van der Waals surface area contributed by atoms with Crippen molar-refractivity contribution in [3.8, 4) is 0 Å². The van der Waals surface area contributed by atoms with Gasteiger partial charge in [0.25, 0.3) is 0 Å². The SMILES string of the molecule is COC(=O)c1cc(I)cc(C(=O)OC)c1Cl. The van der Waals surface area contributed by atoms with Gasteiger partial charge >= 0.3 is 11.9 Å². The molecule has 0 saturated heterocycles. The summed E-state index contributed by atoms with van der Waals surface area (Å²) in [6.07, 6.45) is 0. The molecule has 0 aromatic heterocycles. The zero-order chi connectivity index (χ0) is 12.3. The Bertz CT molecular complexity index is 407. The van der Waals surface area contributed by atoms with Crippen LogP contribution in [0.3, 0.4) is 0 Å². The Hall–Kier alpha value is -0.820. The highest BCUT2D eigenvalue weighted by molar-refractivity contribution is 14.1. The van der Waals surface area contributed by atoms with Gasteiger partial charge in [0.15, 0.2) is 0 Å². The minimum absolute atomic E-state index is 0.0408. The lowest BCUT2D eigenvalue weighted by molar-refractivity contribution is 0.0599. The minimum atomic E-state index is -0.589. The molecule has 0 fully saturated rings. The lowest BCUT2D eigenvalue weighted by Gasteiger charge is -2.07. The quantitative estimate of drug-likeness (QED) is 0.605. The highest BCUT2D eigenvalue weighted by Crippen LogP contribution is 2.25. The maximum Gasteiger partial charge on any atom is 0.339 e. The molecule has 1 aromatic carbocycles. The number of carbonyl (C=O) groups is 2. The first kappa shape index (κ1) is 13.2. The van der Waals surface area contributed by atoms with Crippen LogP contribution in [0.15, 0.2) is 12.1 Å². The van der Waals surface area contributed by atoms with Gasteiger partial charge in [0, 0.05) is 3.57 Å². The highest BCUT2D eigenvalue weighted by Gasteiger charge is 2.19. The van der Waals surface area contributed by atoms with Crippen molar-refractivity contribution in [3.63, 3.8) is 0 Å². The lowest BCUT2D eigenvalue weighted by Crippen LogP contribution is -2.09. The Labute approximate surface area is 111 Å². The summed E-state index contributed by atoms with van der Waals surface area (Å²) in [4.78, 5) is 22.8. The molecule has 6 heteroatoms. The third kappa shape index (κ3) is 2.65. The van der Waals surface area contributed by atoms with E-state index in [0.29, 0.717) is 3.57 Å². The van der Waals surface area contributed by atoms with Crippen LogP contribution in [-0.4, -0.2) is 26.2 Å². The van der Waals surface area contributed by atoms with Crippen molar-refractivity contribution in [1.29, 1.82) is 0 Å². The fraction of sp³-hybridized carbons (Fsp3) is 0.200. The van der Waals surface area contributed by atoms with Gasteiger partial charge in [-0.15, -0.1) is 0 Å². The highest BCUT2D eigenvalue weighted by atomic mass is 127. The molecule has 1 aromatic rings. The maximum absolute atomic E-state index is 11.4. The van der Waals surface area contributed by atoms with Crippen molar-refractivity contribution in [1.82, 2.24) is 0 Å². The first-order valence-corrected chi connectivity index (χ1v) is 5.62. The van der Waals surface area contributed by atoms with Crippen molar-refractivity contribution in [2.45, 2.75) is 0 Å². The number of hydrogen-bond donors (Lipinski definition) is 0. The predicted octanol–water partition coefficient (Wildman–Crippen LogP) is 2.52. The van der Waals surface area contributed by atoms with Gasteiger partial charge in [-0.1, -0.05) is 11.6 Å². The molecule has 0 radical (unpaired) electrons. The molecule has 1 rings (SSSR count). The van der Waals surface area contributed by atoms with E-state index in [4.69, 9.17) is 11.6 Å². The average Bonchev–Trinajstić information content (AvgIpc) is 2.29. The molecule has 0 aliphatic carbocycles. The normalized spacial score (nSPS) is 9.75. The Balaban J connectivity index is 3.37. The third-order valence-electron chi connectivity index (χ3n) is 1.85. The van der Waals surface area contributed by atoms with Gasteiger partial charge in [-0.2, -0.15) is 0 Å². The van der Waals surface area contributed by atoms with Gasteiger partial charge in [0.05, 0.1) is 30.4 Å². The standard InChI is InChI=1S/C10H8ClIO4/c1-15-9(13)6-3-5(12)4-7(8(6)11)10(14)16-2/h3-4H,1-2H3. The Morgan fingerprint density at radius 2 is 1.50 bits per heavy atom. The summed E-state index contributed by atoms with van der Waals surface area (Å²) >= 11 is 7.90. The monoisotopic (exact) mass is 354 g/mol. The van der Waals surface area contributed by atoms with Crippen LogP contribution >= 0.6 is 34.2 Å². The number of halogens is 2. The number of carbonyl (C=O) groups excluding carboxylic acids is 2. The van der Waals surface area contributed by atoms with E-state index < -0.39 is 11.9 Å². The zero-order valence-corrected chi connectivity index (χ0v) is 11.5. The van der Waals surface area contributed by atoms with Gasteiger partial charge in [-0.25, -0.2) is 9.59 Å². The zero-order valence-electron chi connectivity index (χ0n) is 8.54. The molecule has 4 nitrogen and oxygen atoms in total. The first-order chi connectivity index (χ1) is 7.51. The molecule has 0 bridgehead atoms. The van der Waals surface area contributed by atoms with Gasteiger partial charge in [-0.3, -0.25) is 0 Å². The molecule has 0 N–H and O–H groups in total. The van der Waals surface area contributed by atoms with Crippen LogP contribution in [0.1, 0.15) is 20.7 Å². The van der Waals surface area contributed by atoms with Crippen LogP contribution < -0.4 is 0 Å². The molecule has 86 valence electrons. The van der Waals surface area contributed by atoms with E-state index in [-0.39, 0.29) is 16.1 Å². The van der Waals surface area contributed by atoms with Gasteiger partial charge in [0.2, 0.25) is 0 Å². The van der Waals surface area contributed by atoms with Crippen molar-refractivity contribution >= 4 is 46.1 Å². The van der Waals surface area contributed by atoms with Crippen LogP contribution in [0, 0.1) is 3.57 Å². The third-order valence-corrected chi connectivity index (χ3v) is 2.88. The largest absolute Gasteiger partial charge is 0.465 e. The van der Waals surface area contributed by atoms with E-state index in [2.05, 4.69) is 9.47 Å². The number of ether oxygens (including phenoxy) is 2. The summed E-state index contributed by atoms with van der Waals surface area (Å²) in [6, 6.07) is 3.09. The molecule has 16 heavy (non-hydrogen) atoms. The van der Waals surface area contributed by atoms with Crippen molar-refractivity contribution in [2.24, 2.45) is 0 Å². The average molecular weight is 355 g/mol. The van der Waals surface area contributed by atoms with Crippen LogP contribution in [0.2, 0.25) is 5.02 Å². The van der Waals surface area contributed by atoms with Crippen LogP contribution in [0.5, 0.6) is 0 Å². The van der Waals surface area contributed by atoms with E-state index in [9.17, 15) is 9.59 Å². The summed E-state index contributed by atoms with van der Waals surface area (Å²) in [5.41, 5.74) is 0.299. The van der Waals surface area contributed by atoms with E-state index in [1.807, 2.05) is 22.6 Å². The Morgan fingerprint density at radius 3 is 1.81 bits per heavy atom. The summed E-state index contributed by atoms with van der Waals surface area (Å²) < 4.78 is 9.82. The molecule has 0 saturated carbocycles. The molecule has 0 heterocycles. The molecule has 0 unspecified atom stereocenters. The smallest absolute Gasteiger partial charge is 0.339 e. The summed E-state index contributed by atoms with van der Waals surface area (Å²) in [7, 11) is 2.49. The first-order valence-electron chi connectivity index (χ1n) is 4.17. The van der Waals surface area contributed by atoms with Crippen molar-refractivity contribution in [2.75, 3.05) is 14.2 Å². The van der Waals surface area contributed by atoms with E-state index >= 15 is 0 Å². The fourth-order valence-electron chi connectivity index (χ4n) is 1.11. The Kier molecular flexibility index (Phi) is 4.55. The second-order valence-electron chi connectivity index (χ2n) is 2.80. The molecule has 0 aliphatic heterocycles. The molecule has 0 amide bonds. The van der Waals surface area contributed by atoms with E-state index in [1.54, 1.807) is 12.1 Å². The number of esters is 2. The molecule has 0 aliphatic rings. The number of methoxy groups -OCH3 is 2. The van der Waals surface area contributed by atoms with Crippen LogP contribution in [-0.2, 0) is 9.47 Å². The summed E-state index contributed by atoms with van der Waals surface area (Å²) in [5, 5.41) is 0.0408. The molecular formula is C10H8ClIO4. The summed E-state index contributed by atoms with van der Waals surface area (Å²) in [5.74, 6) is -1.18. The second kappa shape index (κ2) is 5.49. The molecular weight excluding hydrogens is 346 g/mol. The van der Waals surface area contributed by atoms with Gasteiger partial charge in [-0.05, 0) is 34.7 Å². The van der Waals surface area contributed by atoms with E-state index in [1.165, 1.54) is 14.2 Å². The number of hydrogen-bond acceptors (Lipinski definition) is 4. The van der Waals surface area contributed by atoms with Crippen LogP contribution in [0.25, 0.3) is 0 Å². The van der Waals surface area contributed by atoms with Crippen LogP contribution in [0.4, 0.5) is 0 Å². The number of benzene rings is 1. The van der Waals surface area contributed by atoms with Gasteiger partial charge < -0.3 is 9.47 Å². The van der Waals surface area contributed by atoms with E-state index in [0.717, 1.165) is 0 Å². The fourth-order valence-corrected chi connectivity index (χ4v) is 1.99. The topological polar surface area (TPSA) is 52.6 Å². The van der Waals surface area contributed by atoms with Crippen molar-refractivity contribution in [3.05, 3.63) is 31.9 Å².